The number of rotatable bonds is 8. The van der Waals surface area contributed by atoms with E-state index >= 15 is 0 Å². The first-order valence-corrected chi connectivity index (χ1v) is 11.5. The highest BCUT2D eigenvalue weighted by molar-refractivity contribution is 5.77. The first kappa shape index (κ1) is 23.3. The molecule has 6 nitrogen and oxygen atoms in total. The molecule has 174 valence electrons. The van der Waals surface area contributed by atoms with E-state index < -0.39 is 0 Å². The van der Waals surface area contributed by atoms with Crippen molar-refractivity contribution >= 4 is 6.03 Å². The van der Waals surface area contributed by atoms with Crippen molar-refractivity contribution in [3.05, 3.63) is 100 Å². The Bertz CT molecular complexity index is 1180. The van der Waals surface area contributed by atoms with Gasteiger partial charge in [-0.05, 0) is 72.4 Å². The lowest BCUT2D eigenvalue weighted by Crippen LogP contribution is -2.41. The zero-order valence-electron chi connectivity index (χ0n) is 19.9. The molecule has 0 aliphatic carbocycles. The minimum Gasteiger partial charge on any atom is -0.497 e. The van der Waals surface area contributed by atoms with Crippen molar-refractivity contribution in [3.8, 4) is 11.8 Å². The number of ether oxygens (including phenoxy) is 1. The van der Waals surface area contributed by atoms with Crippen LogP contribution in [-0.4, -0.2) is 36.1 Å². The van der Waals surface area contributed by atoms with Gasteiger partial charge < -0.3 is 9.64 Å². The maximum absolute atomic E-state index is 13.4. The first-order chi connectivity index (χ1) is 16.5. The highest BCUT2D eigenvalue weighted by atomic mass is 16.5. The molecular formula is C28H30N4O2. The van der Waals surface area contributed by atoms with Crippen molar-refractivity contribution in [2.45, 2.75) is 32.9 Å². The van der Waals surface area contributed by atoms with Crippen molar-refractivity contribution < 1.29 is 9.53 Å². The molecule has 1 aliphatic rings. The molecule has 1 heterocycles. The molecular weight excluding hydrogens is 424 g/mol. The number of carbonyl (C=O) groups is 1. The lowest BCUT2D eigenvalue weighted by atomic mass is 10.0. The Morgan fingerprint density at radius 1 is 1.00 bits per heavy atom. The van der Waals surface area contributed by atoms with Gasteiger partial charge in [-0.1, -0.05) is 42.5 Å². The van der Waals surface area contributed by atoms with Gasteiger partial charge in [0, 0.05) is 13.1 Å². The van der Waals surface area contributed by atoms with Crippen LogP contribution >= 0.6 is 0 Å². The van der Waals surface area contributed by atoms with Crippen LogP contribution in [0, 0.1) is 25.2 Å². The number of hydrogen-bond donors (Lipinski definition) is 1. The number of hydrogen-bond acceptors (Lipinski definition) is 4. The average Bonchev–Trinajstić information content (AvgIpc) is 3.18. The Morgan fingerprint density at radius 3 is 2.35 bits per heavy atom. The van der Waals surface area contributed by atoms with E-state index in [0.717, 1.165) is 28.9 Å². The van der Waals surface area contributed by atoms with Crippen molar-refractivity contribution in [1.29, 1.82) is 5.26 Å². The van der Waals surface area contributed by atoms with Gasteiger partial charge in [0.2, 0.25) is 0 Å². The normalized spacial score (nSPS) is 15.5. The molecule has 4 rings (SSSR count). The smallest absolute Gasteiger partial charge is 0.335 e. The topological polar surface area (TPSA) is 68.6 Å². The second-order valence-electron chi connectivity index (χ2n) is 8.69. The third kappa shape index (κ3) is 5.22. The van der Waals surface area contributed by atoms with Crippen molar-refractivity contribution in [2.75, 3.05) is 20.2 Å². The predicted molar refractivity (Wildman–Crippen MR) is 132 cm³/mol. The number of benzene rings is 3. The van der Waals surface area contributed by atoms with Gasteiger partial charge >= 0.3 is 6.03 Å². The quantitative estimate of drug-likeness (QED) is 0.525. The minimum absolute atomic E-state index is 0.0228. The highest BCUT2D eigenvalue weighted by Gasteiger charge is 2.38. The molecule has 1 atom stereocenters. The zero-order valence-corrected chi connectivity index (χ0v) is 19.9. The Morgan fingerprint density at radius 2 is 1.71 bits per heavy atom. The van der Waals surface area contributed by atoms with Crippen LogP contribution in [0.25, 0.3) is 0 Å². The lowest BCUT2D eigenvalue weighted by Gasteiger charge is -2.24. The molecule has 3 aromatic carbocycles. The van der Waals surface area contributed by atoms with Gasteiger partial charge in [0.25, 0.3) is 0 Å². The number of amides is 2. The molecule has 1 unspecified atom stereocenters. The molecule has 34 heavy (non-hydrogen) atoms. The predicted octanol–water partition coefficient (Wildman–Crippen LogP) is 4.91. The molecule has 1 saturated heterocycles. The Balaban J connectivity index is 1.50. The van der Waals surface area contributed by atoms with Crippen LogP contribution in [0.3, 0.4) is 0 Å². The van der Waals surface area contributed by atoms with E-state index in [1.807, 2.05) is 41.3 Å². The molecule has 0 radical (unpaired) electrons. The summed E-state index contributed by atoms with van der Waals surface area (Å²) in [6, 6.07) is 23.9. The third-order valence-corrected chi connectivity index (χ3v) is 6.48. The molecule has 1 aliphatic heterocycles. The summed E-state index contributed by atoms with van der Waals surface area (Å²) in [5.41, 5.74) is 9.72. The number of carbonyl (C=O) groups excluding carboxylic acids is 1. The fraction of sp³-hybridized carbons (Fsp3) is 0.286. The SMILES string of the molecule is COc1ccc(CCN2C(=O)N(NCc3ccc(C#N)cc3)CC2c2ccc(C)c(C)c2)cc1. The van der Waals surface area contributed by atoms with Crippen LogP contribution in [-0.2, 0) is 13.0 Å². The molecule has 2 amide bonds. The van der Waals surface area contributed by atoms with Gasteiger partial charge in [-0.2, -0.15) is 5.26 Å². The molecule has 0 saturated carbocycles. The van der Waals surface area contributed by atoms with E-state index in [-0.39, 0.29) is 12.1 Å². The summed E-state index contributed by atoms with van der Waals surface area (Å²) in [4.78, 5) is 15.4. The Kier molecular flexibility index (Phi) is 7.15. The summed E-state index contributed by atoms with van der Waals surface area (Å²) in [5, 5.41) is 10.7. The van der Waals surface area contributed by atoms with Gasteiger partial charge in [0.1, 0.15) is 5.75 Å². The van der Waals surface area contributed by atoms with Crippen LogP contribution < -0.4 is 10.2 Å². The van der Waals surface area contributed by atoms with Gasteiger partial charge in [0.05, 0.1) is 31.3 Å². The highest BCUT2D eigenvalue weighted by Crippen LogP contribution is 2.30. The summed E-state index contributed by atoms with van der Waals surface area (Å²) in [5.74, 6) is 0.826. The molecule has 1 fully saturated rings. The van der Waals surface area contributed by atoms with E-state index in [1.165, 1.54) is 11.1 Å². The Hall–Kier alpha value is -3.82. The van der Waals surface area contributed by atoms with Crippen LogP contribution in [0.4, 0.5) is 4.79 Å². The van der Waals surface area contributed by atoms with E-state index in [1.54, 1.807) is 24.3 Å². The number of urea groups is 1. The van der Waals surface area contributed by atoms with E-state index in [4.69, 9.17) is 10.00 Å². The van der Waals surface area contributed by atoms with Gasteiger partial charge in [-0.3, -0.25) is 5.01 Å². The molecule has 0 aromatic heterocycles. The monoisotopic (exact) mass is 454 g/mol. The summed E-state index contributed by atoms with van der Waals surface area (Å²) in [7, 11) is 1.66. The van der Waals surface area contributed by atoms with Crippen LogP contribution in [0.1, 0.15) is 39.4 Å². The van der Waals surface area contributed by atoms with Crippen LogP contribution in [0.15, 0.2) is 66.7 Å². The van der Waals surface area contributed by atoms with Crippen LogP contribution in [0.2, 0.25) is 0 Å². The number of methoxy groups -OCH3 is 1. The van der Waals surface area contributed by atoms with E-state index in [0.29, 0.717) is 25.2 Å². The number of aryl methyl sites for hydroxylation is 2. The number of nitrogens with one attached hydrogen (secondary N) is 1. The third-order valence-electron chi connectivity index (χ3n) is 6.48. The number of hydrazine groups is 1. The van der Waals surface area contributed by atoms with Gasteiger partial charge in [0.15, 0.2) is 0 Å². The summed E-state index contributed by atoms with van der Waals surface area (Å²) in [6.07, 6.45) is 0.764. The molecule has 0 spiro atoms. The van der Waals surface area contributed by atoms with Crippen LogP contribution in [0.5, 0.6) is 5.75 Å². The number of nitriles is 1. The molecule has 6 heteroatoms. The maximum atomic E-state index is 13.4. The summed E-state index contributed by atoms with van der Waals surface area (Å²) in [6.45, 7) is 5.92. The average molecular weight is 455 g/mol. The second-order valence-corrected chi connectivity index (χ2v) is 8.69. The van der Waals surface area contributed by atoms with Crippen molar-refractivity contribution in [3.63, 3.8) is 0 Å². The number of nitrogens with zero attached hydrogens (tertiary/aromatic N) is 3. The Labute approximate surface area is 201 Å². The van der Waals surface area contributed by atoms with Gasteiger partial charge in [-0.25, -0.2) is 10.2 Å². The molecule has 1 N–H and O–H groups in total. The van der Waals surface area contributed by atoms with Crippen molar-refractivity contribution in [1.82, 2.24) is 15.3 Å². The fourth-order valence-corrected chi connectivity index (χ4v) is 4.20. The first-order valence-electron chi connectivity index (χ1n) is 11.5. The van der Waals surface area contributed by atoms with E-state index in [9.17, 15) is 4.79 Å². The minimum atomic E-state index is -0.0292. The summed E-state index contributed by atoms with van der Waals surface area (Å²) >= 11 is 0. The zero-order chi connectivity index (χ0) is 24.1. The lowest BCUT2D eigenvalue weighted by molar-refractivity contribution is 0.171. The second kappa shape index (κ2) is 10.4. The molecule has 3 aromatic rings. The van der Waals surface area contributed by atoms with Crippen molar-refractivity contribution in [2.24, 2.45) is 0 Å². The maximum Gasteiger partial charge on any atom is 0.335 e. The fourth-order valence-electron chi connectivity index (χ4n) is 4.20. The summed E-state index contributed by atoms with van der Waals surface area (Å²) < 4.78 is 5.25. The molecule has 0 bridgehead atoms. The van der Waals surface area contributed by atoms with E-state index in [2.05, 4.69) is 43.5 Å². The standard InChI is InChI=1S/C28H30N4O2/c1-20-4-11-25(16-21(20)2)27-19-32(30-18-24-7-5-23(17-29)6-8-24)28(33)31(27)15-14-22-9-12-26(34-3)13-10-22/h4-13,16,27,30H,14-15,18-19H2,1-3H3. The largest absolute Gasteiger partial charge is 0.497 e. The van der Waals surface area contributed by atoms with Gasteiger partial charge in [-0.15, -0.1) is 0 Å².